The number of methoxy groups -OCH3 is 2. The minimum Gasteiger partial charge on any atom is -0.465 e. The van der Waals surface area contributed by atoms with Crippen molar-refractivity contribution in [3.63, 3.8) is 0 Å². The van der Waals surface area contributed by atoms with Gasteiger partial charge in [0.25, 0.3) is 0 Å². The van der Waals surface area contributed by atoms with Crippen LogP contribution in [0.15, 0.2) is 24.4 Å². The highest BCUT2D eigenvalue weighted by molar-refractivity contribution is 5.98. The average molecular weight is 318 g/mol. The molecule has 0 radical (unpaired) electrons. The smallest absolute Gasteiger partial charge is 0.338 e. The van der Waals surface area contributed by atoms with E-state index < -0.39 is 17.9 Å². The number of halogens is 1. The van der Waals surface area contributed by atoms with E-state index in [1.54, 1.807) is 0 Å². The maximum atomic E-state index is 13.3. The second kappa shape index (κ2) is 6.73. The minimum atomic E-state index is -0.881. The number of aldehydes is 1. The summed E-state index contributed by atoms with van der Waals surface area (Å²) in [6.07, 6.45) is 1.50. The average Bonchev–Trinajstić information content (AvgIpc) is 2.59. The summed E-state index contributed by atoms with van der Waals surface area (Å²) in [7, 11) is 2.32. The van der Waals surface area contributed by atoms with Gasteiger partial charge >= 0.3 is 11.9 Å². The molecule has 0 bridgehead atoms. The van der Waals surface area contributed by atoms with Crippen molar-refractivity contribution in [2.24, 2.45) is 0 Å². The molecule has 0 N–H and O–H groups in total. The van der Waals surface area contributed by atoms with Crippen molar-refractivity contribution in [3.8, 4) is 11.3 Å². The van der Waals surface area contributed by atoms with Gasteiger partial charge in [-0.05, 0) is 12.1 Å². The molecular weight excluding hydrogens is 307 g/mol. The fourth-order valence-corrected chi connectivity index (χ4v) is 1.90. The lowest BCUT2D eigenvalue weighted by atomic mass is 10.0. The second-order valence-electron chi connectivity index (χ2n) is 4.32. The fraction of sp³-hybridized carbons (Fsp3) is 0.133. The SMILES string of the molecule is COC(=O)c1cc(C=O)nc(-c2cnc(F)cc2C(=O)OC)c1. The first-order valence-electron chi connectivity index (χ1n) is 6.30. The van der Waals surface area contributed by atoms with Gasteiger partial charge in [0.15, 0.2) is 6.29 Å². The number of carbonyl (C=O) groups excluding carboxylic acids is 3. The lowest BCUT2D eigenvalue weighted by Gasteiger charge is -2.09. The van der Waals surface area contributed by atoms with Crippen LogP contribution in [0, 0.1) is 5.95 Å². The molecule has 0 aromatic carbocycles. The zero-order valence-corrected chi connectivity index (χ0v) is 12.2. The maximum Gasteiger partial charge on any atom is 0.338 e. The molecular formula is C15H11FN2O5. The Morgan fingerprint density at radius 3 is 2.43 bits per heavy atom. The molecule has 7 nitrogen and oxygen atoms in total. The summed E-state index contributed by atoms with van der Waals surface area (Å²) in [5.74, 6) is -2.38. The Morgan fingerprint density at radius 2 is 1.83 bits per heavy atom. The summed E-state index contributed by atoms with van der Waals surface area (Å²) >= 11 is 0. The summed E-state index contributed by atoms with van der Waals surface area (Å²) in [4.78, 5) is 41.9. The molecule has 2 heterocycles. The number of nitrogens with zero attached hydrogens (tertiary/aromatic N) is 2. The van der Waals surface area contributed by atoms with Crippen LogP contribution >= 0.6 is 0 Å². The van der Waals surface area contributed by atoms with E-state index in [1.807, 2.05) is 0 Å². The van der Waals surface area contributed by atoms with Gasteiger partial charge in [0.1, 0.15) is 5.69 Å². The van der Waals surface area contributed by atoms with Crippen LogP contribution in [0.2, 0.25) is 0 Å². The van der Waals surface area contributed by atoms with Gasteiger partial charge in [-0.15, -0.1) is 0 Å². The number of esters is 2. The van der Waals surface area contributed by atoms with E-state index in [9.17, 15) is 18.8 Å². The zero-order valence-electron chi connectivity index (χ0n) is 12.2. The summed E-state index contributed by atoms with van der Waals surface area (Å²) in [6.45, 7) is 0. The van der Waals surface area contributed by atoms with Crippen molar-refractivity contribution in [3.05, 3.63) is 47.2 Å². The Labute approximate surface area is 130 Å². The first kappa shape index (κ1) is 16.2. The summed E-state index contributed by atoms with van der Waals surface area (Å²) < 4.78 is 22.5. The normalized spacial score (nSPS) is 10.0. The highest BCUT2D eigenvalue weighted by Crippen LogP contribution is 2.24. The van der Waals surface area contributed by atoms with E-state index >= 15 is 0 Å². The van der Waals surface area contributed by atoms with Crippen LogP contribution in [0.25, 0.3) is 11.3 Å². The van der Waals surface area contributed by atoms with E-state index in [1.165, 1.54) is 19.2 Å². The van der Waals surface area contributed by atoms with Crippen molar-refractivity contribution < 1.29 is 28.2 Å². The summed E-state index contributed by atoms with van der Waals surface area (Å²) in [5, 5.41) is 0. The minimum absolute atomic E-state index is 0.0527. The standard InChI is InChI=1S/C15H11FN2O5/c1-22-14(20)8-3-9(7-19)18-12(4-8)11-6-17-13(16)5-10(11)15(21)23-2/h3-7H,1-2H3. The fourth-order valence-electron chi connectivity index (χ4n) is 1.90. The molecule has 0 aliphatic rings. The molecule has 118 valence electrons. The Morgan fingerprint density at radius 1 is 1.13 bits per heavy atom. The number of aromatic nitrogens is 2. The Hall–Kier alpha value is -3.16. The second-order valence-corrected chi connectivity index (χ2v) is 4.32. The topological polar surface area (TPSA) is 95.5 Å². The van der Waals surface area contributed by atoms with Gasteiger partial charge in [-0.1, -0.05) is 0 Å². The molecule has 0 aliphatic carbocycles. The number of carbonyl (C=O) groups is 3. The van der Waals surface area contributed by atoms with Crippen LogP contribution in [0.5, 0.6) is 0 Å². The molecule has 2 rings (SSSR count). The van der Waals surface area contributed by atoms with Gasteiger partial charge in [0.2, 0.25) is 5.95 Å². The molecule has 0 unspecified atom stereocenters. The van der Waals surface area contributed by atoms with Crippen LogP contribution in [0.3, 0.4) is 0 Å². The van der Waals surface area contributed by atoms with Gasteiger partial charge in [-0.25, -0.2) is 19.6 Å². The van der Waals surface area contributed by atoms with Crippen molar-refractivity contribution in [2.75, 3.05) is 14.2 Å². The largest absolute Gasteiger partial charge is 0.465 e. The van der Waals surface area contributed by atoms with Gasteiger partial charge < -0.3 is 9.47 Å². The van der Waals surface area contributed by atoms with E-state index in [2.05, 4.69) is 19.4 Å². The Balaban J connectivity index is 2.68. The number of hydrogen-bond donors (Lipinski definition) is 0. The van der Waals surface area contributed by atoms with Crippen molar-refractivity contribution in [1.82, 2.24) is 9.97 Å². The molecule has 0 saturated carbocycles. The predicted molar refractivity (Wildman–Crippen MR) is 75.5 cm³/mol. The number of pyridine rings is 2. The number of hydrogen-bond acceptors (Lipinski definition) is 7. The van der Waals surface area contributed by atoms with Gasteiger partial charge in [0.05, 0.1) is 31.0 Å². The predicted octanol–water partition coefficient (Wildman–Crippen LogP) is 1.67. The quantitative estimate of drug-likeness (QED) is 0.480. The van der Waals surface area contributed by atoms with Crippen molar-refractivity contribution in [2.45, 2.75) is 0 Å². The highest BCUT2D eigenvalue weighted by atomic mass is 19.1. The molecule has 0 spiro atoms. The molecule has 2 aromatic rings. The molecule has 0 amide bonds. The molecule has 0 atom stereocenters. The maximum absolute atomic E-state index is 13.3. The molecule has 0 saturated heterocycles. The van der Waals surface area contributed by atoms with Crippen LogP contribution in [0.4, 0.5) is 4.39 Å². The van der Waals surface area contributed by atoms with Crippen LogP contribution in [0.1, 0.15) is 31.2 Å². The molecule has 0 fully saturated rings. The molecule has 8 heteroatoms. The highest BCUT2D eigenvalue weighted by Gasteiger charge is 2.19. The number of rotatable bonds is 4. The van der Waals surface area contributed by atoms with Gasteiger partial charge in [-0.2, -0.15) is 4.39 Å². The van der Waals surface area contributed by atoms with Crippen LogP contribution in [-0.4, -0.2) is 42.4 Å². The van der Waals surface area contributed by atoms with E-state index in [4.69, 9.17) is 0 Å². The first-order chi connectivity index (χ1) is 11.0. The monoisotopic (exact) mass is 318 g/mol. The lowest BCUT2D eigenvalue weighted by Crippen LogP contribution is -2.08. The van der Waals surface area contributed by atoms with Gasteiger partial charge in [-0.3, -0.25) is 4.79 Å². The van der Waals surface area contributed by atoms with E-state index in [0.29, 0.717) is 6.29 Å². The van der Waals surface area contributed by atoms with Crippen molar-refractivity contribution in [1.29, 1.82) is 0 Å². The zero-order chi connectivity index (χ0) is 17.0. The molecule has 0 aliphatic heterocycles. The van der Waals surface area contributed by atoms with E-state index in [0.717, 1.165) is 19.4 Å². The summed E-state index contributed by atoms with van der Waals surface area (Å²) in [5.41, 5.74) is 0.0733. The van der Waals surface area contributed by atoms with Crippen molar-refractivity contribution >= 4 is 18.2 Å². The Kier molecular flexibility index (Phi) is 4.75. The Bertz CT molecular complexity index is 791. The van der Waals surface area contributed by atoms with E-state index in [-0.39, 0.29) is 28.1 Å². The van der Waals surface area contributed by atoms with Crippen LogP contribution in [-0.2, 0) is 9.47 Å². The summed E-state index contributed by atoms with van der Waals surface area (Å²) in [6, 6.07) is 3.42. The molecule has 2 aromatic heterocycles. The lowest BCUT2D eigenvalue weighted by molar-refractivity contribution is 0.0592. The third-order valence-electron chi connectivity index (χ3n) is 2.94. The third-order valence-corrected chi connectivity index (χ3v) is 2.94. The number of ether oxygens (including phenoxy) is 2. The van der Waals surface area contributed by atoms with Gasteiger partial charge in [0, 0.05) is 17.8 Å². The third kappa shape index (κ3) is 3.37. The first-order valence-corrected chi connectivity index (χ1v) is 6.30. The van der Waals surface area contributed by atoms with Crippen LogP contribution < -0.4 is 0 Å². The molecule has 23 heavy (non-hydrogen) atoms.